The maximum atomic E-state index is 12.1. The van der Waals surface area contributed by atoms with Gasteiger partial charge < -0.3 is 20.4 Å². The lowest BCUT2D eigenvalue weighted by molar-refractivity contribution is -0.132. The van der Waals surface area contributed by atoms with Gasteiger partial charge in [0.15, 0.2) is 0 Å². The number of amides is 1. The molecule has 2 atom stereocenters. The van der Waals surface area contributed by atoms with E-state index in [0.717, 1.165) is 24.9 Å². The highest BCUT2D eigenvalue weighted by Crippen LogP contribution is 2.19. The van der Waals surface area contributed by atoms with Crippen LogP contribution in [0.4, 0.5) is 0 Å². The number of nitrogens with one attached hydrogen (secondary N) is 1. The number of ether oxygens (including phenoxy) is 1. The molecule has 1 aliphatic rings. The number of aromatic nitrogens is 2. The molecule has 0 saturated carbocycles. The molecule has 2 heterocycles. The van der Waals surface area contributed by atoms with Crippen LogP contribution in [0.1, 0.15) is 24.0 Å². The van der Waals surface area contributed by atoms with E-state index in [1.807, 2.05) is 22.9 Å². The summed E-state index contributed by atoms with van der Waals surface area (Å²) in [6, 6.07) is 8.18. The van der Waals surface area contributed by atoms with Crippen molar-refractivity contribution in [3.8, 4) is 0 Å². The molecule has 1 aromatic heterocycles. The Morgan fingerprint density at radius 2 is 2.26 bits per heavy atom. The Morgan fingerprint density at radius 3 is 3.00 bits per heavy atom. The number of hydrogen-bond donors (Lipinski definition) is 2. The number of nitrogens with zero attached hydrogens (tertiary/aromatic N) is 2. The van der Waals surface area contributed by atoms with Gasteiger partial charge >= 0.3 is 0 Å². The summed E-state index contributed by atoms with van der Waals surface area (Å²) >= 11 is 0. The number of benzene rings is 1. The van der Waals surface area contributed by atoms with Gasteiger partial charge in [-0.2, -0.15) is 0 Å². The summed E-state index contributed by atoms with van der Waals surface area (Å²) < 4.78 is 7.62. The van der Waals surface area contributed by atoms with E-state index in [-0.39, 0.29) is 18.1 Å². The quantitative estimate of drug-likeness (QED) is 0.835. The Kier molecular flexibility index (Phi) is 5.05. The summed E-state index contributed by atoms with van der Waals surface area (Å²) in [6.07, 6.45) is 6.74. The van der Waals surface area contributed by atoms with E-state index < -0.39 is 0 Å². The second-order valence-electron chi connectivity index (χ2n) is 5.83. The van der Waals surface area contributed by atoms with Crippen LogP contribution in [0.5, 0.6) is 0 Å². The lowest BCUT2D eigenvalue weighted by atomic mass is 10.1. The van der Waals surface area contributed by atoms with Gasteiger partial charge in [-0.1, -0.05) is 24.3 Å². The molecule has 0 aliphatic carbocycles. The number of nitrogens with two attached hydrogens (primary N) is 1. The molecule has 0 unspecified atom stereocenters. The van der Waals surface area contributed by atoms with Crippen LogP contribution in [0.15, 0.2) is 43.0 Å². The number of imidazole rings is 1. The number of rotatable bonds is 6. The summed E-state index contributed by atoms with van der Waals surface area (Å²) in [5.41, 5.74) is 7.82. The van der Waals surface area contributed by atoms with Crippen LogP contribution < -0.4 is 11.1 Å². The molecule has 0 radical (unpaired) electrons. The van der Waals surface area contributed by atoms with E-state index in [4.69, 9.17) is 10.5 Å². The zero-order chi connectivity index (χ0) is 16.1. The van der Waals surface area contributed by atoms with Gasteiger partial charge in [0.25, 0.3) is 0 Å². The van der Waals surface area contributed by atoms with E-state index in [0.29, 0.717) is 13.1 Å². The highest BCUT2D eigenvalue weighted by atomic mass is 16.5. The molecule has 1 aliphatic heterocycles. The van der Waals surface area contributed by atoms with Gasteiger partial charge in [-0.05, 0) is 24.0 Å². The first kappa shape index (κ1) is 15.7. The molecule has 1 saturated heterocycles. The predicted molar refractivity (Wildman–Crippen MR) is 86.6 cm³/mol. The fourth-order valence-corrected chi connectivity index (χ4v) is 2.80. The second kappa shape index (κ2) is 7.39. The summed E-state index contributed by atoms with van der Waals surface area (Å²) in [5, 5.41) is 2.95. The first-order chi connectivity index (χ1) is 11.2. The topological polar surface area (TPSA) is 82.2 Å². The molecular formula is C17H22N4O2. The Hall–Kier alpha value is -2.18. The highest BCUT2D eigenvalue weighted by molar-refractivity contribution is 5.81. The third-order valence-electron chi connectivity index (χ3n) is 4.05. The monoisotopic (exact) mass is 314 g/mol. The van der Waals surface area contributed by atoms with Gasteiger partial charge in [0.2, 0.25) is 5.91 Å². The fourth-order valence-electron chi connectivity index (χ4n) is 2.80. The molecule has 1 fully saturated rings. The van der Waals surface area contributed by atoms with Gasteiger partial charge in [-0.15, -0.1) is 0 Å². The van der Waals surface area contributed by atoms with Crippen LogP contribution in [-0.4, -0.2) is 34.2 Å². The third-order valence-corrected chi connectivity index (χ3v) is 4.05. The van der Waals surface area contributed by atoms with Crippen LogP contribution in [-0.2, 0) is 22.6 Å². The molecule has 122 valence electrons. The Labute approximate surface area is 135 Å². The van der Waals surface area contributed by atoms with Crippen molar-refractivity contribution in [2.24, 2.45) is 5.73 Å². The van der Waals surface area contributed by atoms with Crippen molar-refractivity contribution in [2.45, 2.75) is 38.1 Å². The summed E-state index contributed by atoms with van der Waals surface area (Å²) in [6.45, 7) is 1.75. The van der Waals surface area contributed by atoms with Crippen LogP contribution in [0, 0.1) is 0 Å². The number of carbonyl (C=O) groups is 1. The van der Waals surface area contributed by atoms with Crippen molar-refractivity contribution in [2.75, 3.05) is 6.54 Å². The van der Waals surface area contributed by atoms with Crippen molar-refractivity contribution < 1.29 is 9.53 Å². The number of hydrogen-bond acceptors (Lipinski definition) is 4. The Morgan fingerprint density at radius 1 is 1.39 bits per heavy atom. The standard InChI is InChI=1S/C17H22N4O2/c18-9-15-4-5-16(23-15)17(22)20-10-13-2-1-3-14(8-13)11-21-7-6-19-12-21/h1-3,6-8,12,15-16H,4-5,9-11,18H2,(H,20,22)/t15-,16+/m1/s1. The molecule has 0 spiro atoms. The molecule has 6 heteroatoms. The summed E-state index contributed by atoms with van der Waals surface area (Å²) in [4.78, 5) is 16.2. The maximum absolute atomic E-state index is 12.1. The van der Waals surface area contributed by atoms with E-state index in [1.165, 1.54) is 5.56 Å². The van der Waals surface area contributed by atoms with Gasteiger partial charge in [0.1, 0.15) is 6.10 Å². The molecule has 1 amide bonds. The molecule has 2 aromatic rings. The fraction of sp³-hybridized carbons (Fsp3) is 0.412. The predicted octanol–water partition coefficient (Wildman–Crippen LogP) is 1.05. The average Bonchev–Trinajstić information content (AvgIpc) is 3.24. The van der Waals surface area contributed by atoms with Crippen molar-refractivity contribution >= 4 is 5.91 Å². The van der Waals surface area contributed by atoms with Crippen molar-refractivity contribution in [1.29, 1.82) is 0 Å². The highest BCUT2D eigenvalue weighted by Gasteiger charge is 2.29. The Bertz CT molecular complexity index is 642. The lowest BCUT2D eigenvalue weighted by Crippen LogP contribution is -2.35. The summed E-state index contributed by atoms with van der Waals surface area (Å²) in [5.74, 6) is -0.0547. The zero-order valence-corrected chi connectivity index (χ0v) is 13.0. The van der Waals surface area contributed by atoms with Crippen molar-refractivity contribution in [3.63, 3.8) is 0 Å². The smallest absolute Gasteiger partial charge is 0.249 e. The van der Waals surface area contributed by atoms with Crippen LogP contribution in [0.2, 0.25) is 0 Å². The van der Waals surface area contributed by atoms with E-state index in [2.05, 4.69) is 22.4 Å². The zero-order valence-electron chi connectivity index (χ0n) is 13.0. The summed E-state index contributed by atoms with van der Waals surface area (Å²) in [7, 11) is 0. The van der Waals surface area contributed by atoms with Gasteiger partial charge in [-0.25, -0.2) is 4.98 Å². The lowest BCUT2D eigenvalue weighted by Gasteiger charge is -2.13. The molecule has 23 heavy (non-hydrogen) atoms. The largest absolute Gasteiger partial charge is 0.364 e. The van der Waals surface area contributed by atoms with Crippen LogP contribution in [0.3, 0.4) is 0 Å². The number of carbonyl (C=O) groups excluding carboxylic acids is 1. The van der Waals surface area contributed by atoms with Crippen molar-refractivity contribution in [3.05, 3.63) is 54.1 Å². The third kappa shape index (κ3) is 4.18. The Balaban J connectivity index is 1.53. The molecule has 3 N–H and O–H groups in total. The average molecular weight is 314 g/mol. The minimum Gasteiger partial charge on any atom is -0.364 e. The normalized spacial score (nSPS) is 20.6. The van der Waals surface area contributed by atoms with E-state index in [1.54, 1.807) is 12.5 Å². The van der Waals surface area contributed by atoms with Gasteiger partial charge in [-0.3, -0.25) is 4.79 Å². The first-order valence-electron chi connectivity index (χ1n) is 7.91. The molecule has 0 bridgehead atoms. The first-order valence-corrected chi connectivity index (χ1v) is 7.91. The molecule has 1 aromatic carbocycles. The molecule has 3 rings (SSSR count). The van der Waals surface area contributed by atoms with Crippen molar-refractivity contribution in [1.82, 2.24) is 14.9 Å². The van der Waals surface area contributed by atoms with Gasteiger partial charge in [0.05, 0.1) is 12.4 Å². The minimum absolute atomic E-state index is 0.0178. The molecular weight excluding hydrogens is 292 g/mol. The maximum Gasteiger partial charge on any atom is 0.249 e. The van der Waals surface area contributed by atoms with Gasteiger partial charge in [0, 0.05) is 32.0 Å². The van der Waals surface area contributed by atoms with E-state index >= 15 is 0 Å². The van der Waals surface area contributed by atoms with Crippen LogP contribution >= 0.6 is 0 Å². The van der Waals surface area contributed by atoms with E-state index in [9.17, 15) is 4.79 Å². The SMILES string of the molecule is NC[C@H]1CC[C@@H](C(=O)NCc2cccc(Cn3ccnc3)c2)O1. The minimum atomic E-state index is -0.363. The second-order valence-corrected chi connectivity index (χ2v) is 5.83. The molecule has 6 nitrogen and oxygen atoms in total. The van der Waals surface area contributed by atoms with Crippen LogP contribution in [0.25, 0.3) is 0 Å².